The van der Waals surface area contributed by atoms with Gasteiger partial charge in [-0.1, -0.05) is 35.5 Å². The van der Waals surface area contributed by atoms with Crippen molar-refractivity contribution >= 4 is 5.91 Å². The first-order chi connectivity index (χ1) is 13.6. The number of aromatic nitrogens is 3. The molecule has 1 N–H and O–H groups in total. The largest absolute Gasteiger partial charge is 0.348 e. The number of hydrogen-bond donors (Lipinski definition) is 1. The van der Waals surface area contributed by atoms with Crippen molar-refractivity contribution in [3.63, 3.8) is 0 Å². The second-order valence-corrected chi connectivity index (χ2v) is 7.77. The van der Waals surface area contributed by atoms with Crippen molar-refractivity contribution in [3.05, 3.63) is 47.8 Å². The Labute approximate surface area is 167 Å². The van der Waals surface area contributed by atoms with Gasteiger partial charge in [0.25, 0.3) is 5.91 Å². The predicted molar refractivity (Wildman–Crippen MR) is 110 cm³/mol. The van der Waals surface area contributed by atoms with E-state index in [-0.39, 0.29) is 11.9 Å². The molecule has 0 atom stereocenters. The van der Waals surface area contributed by atoms with E-state index in [1.165, 1.54) is 18.5 Å². The van der Waals surface area contributed by atoms with Crippen LogP contribution in [0.15, 0.2) is 36.5 Å². The third-order valence-electron chi connectivity index (χ3n) is 5.08. The number of benzene rings is 1. The van der Waals surface area contributed by atoms with Crippen LogP contribution in [0.3, 0.4) is 0 Å². The zero-order valence-corrected chi connectivity index (χ0v) is 17.0. The van der Waals surface area contributed by atoms with Gasteiger partial charge in [0, 0.05) is 38.8 Å². The molecule has 1 aliphatic rings. The average molecular weight is 385 g/mol. The van der Waals surface area contributed by atoms with E-state index in [0.717, 1.165) is 45.7 Å². The van der Waals surface area contributed by atoms with Gasteiger partial charge in [0.2, 0.25) is 0 Å². The molecule has 0 bridgehead atoms. The molecule has 7 nitrogen and oxygen atoms in total. The summed E-state index contributed by atoms with van der Waals surface area (Å²) in [6, 6.07) is 10.8. The summed E-state index contributed by atoms with van der Waals surface area (Å²) in [5.41, 5.74) is 1.81. The molecule has 0 radical (unpaired) electrons. The Bertz CT molecular complexity index is 722. The molecule has 3 rings (SSSR count). The van der Waals surface area contributed by atoms with E-state index in [9.17, 15) is 4.79 Å². The fourth-order valence-corrected chi connectivity index (χ4v) is 3.48. The fraction of sp³-hybridized carbons (Fsp3) is 0.571. The highest BCUT2D eigenvalue weighted by Crippen LogP contribution is 2.07. The summed E-state index contributed by atoms with van der Waals surface area (Å²) in [7, 11) is 0. The van der Waals surface area contributed by atoms with E-state index in [1.54, 1.807) is 10.9 Å². The zero-order valence-electron chi connectivity index (χ0n) is 17.0. The Morgan fingerprint density at radius 2 is 1.71 bits per heavy atom. The van der Waals surface area contributed by atoms with Crippen LogP contribution in [0.2, 0.25) is 0 Å². The molecule has 2 heterocycles. The first-order valence-electron chi connectivity index (χ1n) is 10.3. The Morgan fingerprint density at radius 3 is 2.39 bits per heavy atom. The van der Waals surface area contributed by atoms with Gasteiger partial charge in [0.05, 0.1) is 12.7 Å². The van der Waals surface area contributed by atoms with Crippen molar-refractivity contribution in [2.45, 2.75) is 39.3 Å². The molecule has 1 saturated heterocycles. The Morgan fingerprint density at radius 1 is 1.04 bits per heavy atom. The summed E-state index contributed by atoms with van der Waals surface area (Å²) in [5.74, 6) is -0.162. The number of carbonyl (C=O) groups excluding carboxylic acids is 1. The van der Waals surface area contributed by atoms with Crippen LogP contribution < -0.4 is 5.32 Å². The highest BCUT2D eigenvalue weighted by atomic mass is 16.2. The molecular weight excluding hydrogens is 352 g/mol. The third-order valence-corrected chi connectivity index (χ3v) is 5.08. The van der Waals surface area contributed by atoms with Gasteiger partial charge in [-0.3, -0.25) is 14.4 Å². The summed E-state index contributed by atoms with van der Waals surface area (Å²) >= 11 is 0. The van der Waals surface area contributed by atoms with Crippen LogP contribution in [0.4, 0.5) is 0 Å². The van der Waals surface area contributed by atoms with Crippen molar-refractivity contribution in [3.8, 4) is 0 Å². The van der Waals surface area contributed by atoms with E-state index in [0.29, 0.717) is 5.69 Å². The van der Waals surface area contributed by atoms with Crippen LogP contribution in [0.25, 0.3) is 0 Å². The second kappa shape index (κ2) is 10.3. The highest BCUT2D eigenvalue weighted by molar-refractivity contribution is 5.91. The van der Waals surface area contributed by atoms with Crippen molar-refractivity contribution in [2.75, 3.05) is 39.3 Å². The lowest BCUT2D eigenvalue weighted by Crippen LogP contribution is -2.47. The van der Waals surface area contributed by atoms with Gasteiger partial charge in [-0.05, 0) is 38.8 Å². The van der Waals surface area contributed by atoms with Crippen molar-refractivity contribution in [1.82, 2.24) is 30.1 Å². The molecule has 28 heavy (non-hydrogen) atoms. The molecule has 2 aromatic rings. The molecule has 1 aromatic carbocycles. The number of hydrogen-bond acceptors (Lipinski definition) is 5. The van der Waals surface area contributed by atoms with Crippen molar-refractivity contribution < 1.29 is 4.79 Å². The van der Waals surface area contributed by atoms with Crippen molar-refractivity contribution in [1.29, 1.82) is 0 Å². The number of rotatable bonds is 9. The lowest BCUT2D eigenvalue weighted by Gasteiger charge is -2.34. The Kier molecular flexibility index (Phi) is 7.56. The zero-order chi connectivity index (χ0) is 19.8. The standard InChI is InChI=1S/C21H32N6O/c1-18(2)22-21(28)20-17-27(24-23-20)16-15-26-13-11-25(12-14-26)10-6-9-19-7-4-3-5-8-19/h3-5,7-8,17-18H,6,9-16H2,1-2H3,(H,22,28). The van der Waals surface area contributed by atoms with Crippen LogP contribution in [-0.4, -0.2) is 76.0 Å². The van der Waals surface area contributed by atoms with Crippen LogP contribution >= 0.6 is 0 Å². The average Bonchev–Trinajstić information content (AvgIpc) is 3.17. The van der Waals surface area contributed by atoms with Crippen LogP contribution in [-0.2, 0) is 13.0 Å². The van der Waals surface area contributed by atoms with Gasteiger partial charge in [-0.2, -0.15) is 0 Å². The predicted octanol–water partition coefficient (Wildman–Crippen LogP) is 1.67. The molecular formula is C21H32N6O. The van der Waals surface area contributed by atoms with Crippen LogP contribution in [0, 0.1) is 0 Å². The Hall–Kier alpha value is -2.25. The minimum atomic E-state index is -0.162. The number of nitrogens with zero attached hydrogens (tertiary/aromatic N) is 5. The summed E-state index contributed by atoms with van der Waals surface area (Å²) in [4.78, 5) is 17.0. The van der Waals surface area contributed by atoms with Gasteiger partial charge < -0.3 is 10.2 Å². The number of carbonyl (C=O) groups is 1. The molecule has 1 amide bonds. The first kappa shape index (κ1) is 20.5. The SMILES string of the molecule is CC(C)NC(=O)c1cn(CCN2CCN(CCCc3ccccc3)CC2)nn1. The molecule has 0 unspecified atom stereocenters. The van der Waals surface area contributed by atoms with E-state index < -0.39 is 0 Å². The maximum absolute atomic E-state index is 11.9. The first-order valence-corrected chi connectivity index (χ1v) is 10.3. The molecule has 0 aliphatic carbocycles. The molecule has 7 heteroatoms. The van der Waals surface area contributed by atoms with Gasteiger partial charge in [0.15, 0.2) is 5.69 Å². The quantitative estimate of drug-likeness (QED) is 0.712. The lowest BCUT2D eigenvalue weighted by atomic mass is 10.1. The van der Waals surface area contributed by atoms with Gasteiger partial charge in [0.1, 0.15) is 0 Å². The minimum absolute atomic E-state index is 0.0987. The summed E-state index contributed by atoms with van der Waals surface area (Å²) in [6.45, 7) is 11.1. The summed E-state index contributed by atoms with van der Waals surface area (Å²) < 4.78 is 1.77. The molecule has 152 valence electrons. The van der Waals surface area contributed by atoms with Gasteiger partial charge in [-0.25, -0.2) is 0 Å². The van der Waals surface area contributed by atoms with Gasteiger partial charge in [-0.15, -0.1) is 5.10 Å². The van der Waals surface area contributed by atoms with Gasteiger partial charge >= 0.3 is 0 Å². The monoisotopic (exact) mass is 384 g/mol. The highest BCUT2D eigenvalue weighted by Gasteiger charge is 2.17. The minimum Gasteiger partial charge on any atom is -0.348 e. The topological polar surface area (TPSA) is 66.3 Å². The number of amides is 1. The van der Waals surface area contributed by atoms with Crippen LogP contribution in [0.5, 0.6) is 0 Å². The summed E-state index contributed by atoms with van der Waals surface area (Å²) in [5, 5.41) is 10.9. The number of aryl methyl sites for hydroxylation is 1. The van der Waals surface area contributed by atoms with E-state index in [4.69, 9.17) is 0 Å². The maximum Gasteiger partial charge on any atom is 0.273 e. The molecule has 0 spiro atoms. The van der Waals surface area contributed by atoms with Crippen molar-refractivity contribution in [2.24, 2.45) is 0 Å². The van der Waals surface area contributed by atoms with E-state index in [2.05, 4.69) is 55.8 Å². The Balaban J connectivity index is 1.32. The van der Waals surface area contributed by atoms with E-state index >= 15 is 0 Å². The molecule has 1 aromatic heterocycles. The normalized spacial score (nSPS) is 15.8. The third kappa shape index (κ3) is 6.42. The fourth-order valence-electron chi connectivity index (χ4n) is 3.48. The van der Waals surface area contributed by atoms with E-state index in [1.807, 2.05) is 13.8 Å². The second-order valence-electron chi connectivity index (χ2n) is 7.77. The smallest absolute Gasteiger partial charge is 0.273 e. The molecule has 0 saturated carbocycles. The van der Waals surface area contributed by atoms with Crippen LogP contribution in [0.1, 0.15) is 36.3 Å². The maximum atomic E-state index is 11.9. The summed E-state index contributed by atoms with van der Waals surface area (Å²) in [6.07, 6.45) is 4.10. The lowest BCUT2D eigenvalue weighted by molar-refractivity contribution is 0.0938. The number of nitrogens with one attached hydrogen (secondary N) is 1. The molecule has 1 fully saturated rings. The number of piperazine rings is 1. The molecule has 1 aliphatic heterocycles.